The molecular weight excluding hydrogens is 276 g/mol. The summed E-state index contributed by atoms with van der Waals surface area (Å²) in [5.74, 6) is 3.46. The van der Waals surface area contributed by atoms with Crippen LogP contribution >= 0.6 is 11.8 Å². The fourth-order valence-corrected chi connectivity index (χ4v) is 2.33. The summed E-state index contributed by atoms with van der Waals surface area (Å²) in [7, 11) is 0. The van der Waals surface area contributed by atoms with Gasteiger partial charge in [-0.3, -0.25) is 4.79 Å². The average Bonchev–Trinajstić information content (AvgIpc) is 2.34. The Morgan fingerprint density at radius 1 is 1.35 bits per heavy atom. The highest BCUT2D eigenvalue weighted by Gasteiger charge is 2.15. The normalized spacial score (nSPS) is 11.7. The van der Waals surface area contributed by atoms with Crippen LogP contribution in [0.2, 0.25) is 0 Å². The second-order valence-electron chi connectivity index (χ2n) is 4.99. The van der Waals surface area contributed by atoms with Crippen molar-refractivity contribution in [3.05, 3.63) is 0 Å². The average molecular weight is 300 g/mol. The zero-order valence-corrected chi connectivity index (χ0v) is 13.0. The predicted octanol–water partition coefficient (Wildman–Crippen LogP) is 1.79. The zero-order chi connectivity index (χ0) is 15.4. The summed E-state index contributed by atoms with van der Waals surface area (Å²) >= 11 is 1.58. The molecule has 1 atom stereocenters. The zero-order valence-electron chi connectivity index (χ0n) is 12.1. The van der Waals surface area contributed by atoms with Gasteiger partial charge in [-0.25, -0.2) is 4.79 Å². The molecule has 0 fully saturated rings. The Morgan fingerprint density at radius 2 is 2.05 bits per heavy atom. The van der Waals surface area contributed by atoms with Crippen molar-refractivity contribution in [2.45, 2.75) is 26.7 Å². The van der Waals surface area contributed by atoms with Gasteiger partial charge in [0.1, 0.15) is 0 Å². The number of hydrogen-bond acceptors (Lipinski definition) is 3. The van der Waals surface area contributed by atoms with Gasteiger partial charge in [-0.05, 0) is 18.3 Å². The van der Waals surface area contributed by atoms with E-state index in [1.54, 1.807) is 11.8 Å². The van der Waals surface area contributed by atoms with Crippen LogP contribution in [-0.2, 0) is 4.79 Å². The summed E-state index contributed by atoms with van der Waals surface area (Å²) < 4.78 is 0. The first kappa shape index (κ1) is 18.7. The number of carbonyl (C=O) groups is 2. The molecule has 6 heteroatoms. The molecule has 0 saturated carbocycles. The molecule has 0 aliphatic carbocycles. The van der Waals surface area contributed by atoms with E-state index in [0.717, 1.165) is 12.2 Å². The standard InChI is InChI=1S/C14H24N2O3S/c1-4-6-20-7-5-15-14(19)16-10-12(8-11(2)3)9-13(17)18/h1,11-12H,5-10H2,2-3H3,(H,17,18)(H2,15,16,19). The predicted molar refractivity (Wildman–Crippen MR) is 82.8 cm³/mol. The van der Waals surface area contributed by atoms with Crippen LogP contribution in [0.5, 0.6) is 0 Å². The molecule has 2 amide bonds. The summed E-state index contributed by atoms with van der Waals surface area (Å²) in [6.45, 7) is 5.01. The number of urea groups is 1. The molecule has 114 valence electrons. The Kier molecular flexibility index (Phi) is 10.7. The molecule has 0 saturated heterocycles. The molecule has 0 aliphatic rings. The van der Waals surface area contributed by atoms with Gasteiger partial charge in [0.25, 0.3) is 0 Å². The van der Waals surface area contributed by atoms with Crippen molar-refractivity contribution in [2.24, 2.45) is 11.8 Å². The molecule has 0 aromatic rings. The lowest BCUT2D eigenvalue weighted by Crippen LogP contribution is -2.39. The Bertz CT molecular complexity index is 340. The van der Waals surface area contributed by atoms with Crippen molar-refractivity contribution in [1.82, 2.24) is 10.6 Å². The Morgan fingerprint density at radius 3 is 2.60 bits per heavy atom. The number of carboxylic acids is 1. The summed E-state index contributed by atoms with van der Waals surface area (Å²) in [5, 5.41) is 14.3. The summed E-state index contributed by atoms with van der Waals surface area (Å²) in [4.78, 5) is 22.3. The number of carbonyl (C=O) groups excluding carboxylic acids is 1. The topological polar surface area (TPSA) is 78.4 Å². The van der Waals surface area contributed by atoms with Crippen LogP contribution in [0, 0.1) is 24.2 Å². The maximum atomic E-state index is 11.5. The van der Waals surface area contributed by atoms with E-state index in [1.807, 2.05) is 13.8 Å². The molecule has 0 aliphatic heterocycles. The summed E-state index contributed by atoms with van der Waals surface area (Å²) in [5.41, 5.74) is 0. The van der Waals surface area contributed by atoms with E-state index in [1.165, 1.54) is 0 Å². The van der Waals surface area contributed by atoms with Gasteiger partial charge >= 0.3 is 12.0 Å². The highest BCUT2D eigenvalue weighted by molar-refractivity contribution is 7.99. The maximum Gasteiger partial charge on any atom is 0.314 e. The van der Waals surface area contributed by atoms with Crippen molar-refractivity contribution in [3.63, 3.8) is 0 Å². The van der Waals surface area contributed by atoms with E-state index >= 15 is 0 Å². The summed E-state index contributed by atoms with van der Waals surface area (Å²) in [6, 6.07) is -0.259. The van der Waals surface area contributed by atoms with Crippen LogP contribution in [0.1, 0.15) is 26.7 Å². The quantitative estimate of drug-likeness (QED) is 0.424. The number of nitrogens with one attached hydrogen (secondary N) is 2. The van der Waals surface area contributed by atoms with E-state index in [2.05, 4.69) is 16.6 Å². The molecular formula is C14H24N2O3S. The molecule has 1 unspecified atom stereocenters. The van der Waals surface area contributed by atoms with Gasteiger partial charge in [0.2, 0.25) is 0 Å². The van der Waals surface area contributed by atoms with E-state index in [4.69, 9.17) is 11.5 Å². The Labute approximate surface area is 125 Å². The van der Waals surface area contributed by atoms with Crippen LogP contribution in [-0.4, -0.2) is 41.7 Å². The van der Waals surface area contributed by atoms with Gasteiger partial charge < -0.3 is 15.7 Å². The molecule has 0 aromatic heterocycles. The highest BCUT2D eigenvalue weighted by atomic mass is 32.2. The van der Waals surface area contributed by atoms with Crippen LogP contribution < -0.4 is 10.6 Å². The lowest BCUT2D eigenvalue weighted by Gasteiger charge is -2.18. The van der Waals surface area contributed by atoms with E-state index < -0.39 is 5.97 Å². The van der Waals surface area contributed by atoms with E-state index in [0.29, 0.717) is 24.8 Å². The minimum atomic E-state index is -0.830. The molecule has 0 rings (SSSR count). The van der Waals surface area contributed by atoms with Crippen molar-refractivity contribution >= 4 is 23.8 Å². The van der Waals surface area contributed by atoms with Crippen molar-refractivity contribution in [3.8, 4) is 12.3 Å². The van der Waals surface area contributed by atoms with Gasteiger partial charge in [0.15, 0.2) is 0 Å². The van der Waals surface area contributed by atoms with Gasteiger partial charge in [0.05, 0.1) is 5.75 Å². The molecule has 3 N–H and O–H groups in total. The van der Waals surface area contributed by atoms with Gasteiger partial charge in [-0.1, -0.05) is 19.8 Å². The minimum Gasteiger partial charge on any atom is -0.481 e. The minimum absolute atomic E-state index is 0.0333. The van der Waals surface area contributed by atoms with Crippen molar-refractivity contribution in [2.75, 3.05) is 24.6 Å². The molecule has 5 nitrogen and oxygen atoms in total. The Hall–Kier alpha value is -1.35. The first-order valence-corrected chi connectivity index (χ1v) is 7.85. The molecule has 0 bridgehead atoms. The molecule has 0 heterocycles. The molecule has 20 heavy (non-hydrogen) atoms. The van der Waals surface area contributed by atoms with Crippen molar-refractivity contribution in [1.29, 1.82) is 0 Å². The monoisotopic (exact) mass is 300 g/mol. The lowest BCUT2D eigenvalue weighted by molar-refractivity contribution is -0.138. The van der Waals surface area contributed by atoms with Crippen LogP contribution in [0.4, 0.5) is 4.79 Å². The number of hydrogen-bond donors (Lipinski definition) is 3. The highest BCUT2D eigenvalue weighted by Crippen LogP contribution is 2.14. The second-order valence-corrected chi connectivity index (χ2v) is 6.09. The smallest absolute Gasteiger partial charge is 0.314 e. The third-order valence-electron chi connectivity index (χ3n) is 2.54. The van der Waals surface area contributed by atoms with E-state index in [-0.39, 0.29) is 18.4 Å². The third-order valence-corrected chi connectivity index (χ3v) is 3.40. The second kappa shape index (κ2) is 11.5. The maximum absolute atomic E-state index is 11.5. The lowest BCUT2D eigenvalue weighted by atomic mass is 9.94. The molecule has 0 aromatic carbocycles. The molecule has 0 spiro atoms. The van der Waals surface area contributed by atoms with Gasteiger partial charge in [0, 0.05) is 25.3 Å². The fourth-order valence-electron chi connectivity index (χ4n) is 1.82. The van der Waals surface area contributed by atoms with Gasteiger partial charge in [-0.15, -0.1) is 18.2 Å². The number of aliphatic carboxylic acids is 1. The molecule has 0 radical (unpaired) electrons. The van der Waals surface area contributed by atoms with Crippen LogP contribution in [0.25, 0.3) is 0 Å². The number of rotatable bonds is 10. The largest absolute Gasteiger partial charge is 0.481 e. The number of amides is 2. The number of carboxylic acid groups (broad SMARTS) is 1. The van der Waals surface area contributed by atoms with E-state index in [9.17, 15) is 9.59 Å². The Balaban J connectivity index is 3.86. The summed E-state index contributed by atoms with van der Waals surface area (Å²) in [6.07, 6.45) is 5.97. The number of thioether (sulfide) groups is 1. The van der Waals surface area contributed by atoms with Crippen LogP contribution in [0.15, 0.2) is 0 Å². The first-order valence-electron chi connectivity index (χ1n) is 6.70. The SMILES string of the molecule is C#CCSCCNC(=O)NCC(CC(=O)O)CC(C)C. The van der Waals surface area contributed by atoms with Crippen LogP contribution in [0.3, 0.4) is 0 Å². The third kappa shape index (κ3) is 11.7. The first-order chi connectivity index (χ1) is 9.45. The fraction of sp³-hybridized carbons (Fsp3) is 0.714. The van der Waals surface area contributed by atoms with Gasteiger partial charge in [-0.2, -0.15) is 0 Å². The van der Waals surface area contributed by atoms with Crippen molar-refractivity contribution < 1.29 is 14.7 Å². The number of terminal acetylenes is 1.